The van der Waals surface area contributed by atoms with Gasteiger partial charge in [0.05, 0.1) is 5.33 Å². The van der Waals surface area contributed by atoms with E-state index in [1.807, 2.05) is 0 Å². The van der Waals surface area contributed by atoms with Crippen LogP contribution in [-0.4, -0.2) is 17.3 Å². The summed E-state index contributed by atoms with van der Waals surface area (Å²) in [6.07, 6.45) is 8.48. The van der Waals surface area contributed by atoms with E-state index in [1.165, 1.54) is 25.7 Å². The Bertz CT molecular complexity index is 508. The summed E-state index contributed by atoms with van der Waals surface area (Å²) in [5.74, 6) is 4.14. The highest BCUT2D eigenvalue weighted by Gasteiger charge is 2.59. The van der Waals surface area contributed by atoms with Gasteiger partial charge in [0.15, 0.2) is 0 Å². The van der Waals surface area contributed by atoms with Gasteiger partial charge < -0.3 is 0 Å². The fraction of sp³-hybridized carbons (Fsp3) is 0.952. The van der Waals surface area contributed by atoms with Gasteiger partial charge in [0, 0.05) is 5.92 Å². The molecule has 9 unspecified atom stereocenters. The summed E-state index contributed by atoms with van der Waals surface area (Å²) in [7, 11) is 0. The van der Waals surface area contributed by atoms with Crippen molar-refractivity contribution in [3.05, 3.63) is 0 Å². The third-order valence-electron chi connectivity index (χ3n) is 8.74. The van der Waals surface area contributed by atoms with E-state index in [0.717, 1.165) is 31.6 Å². The molecule has 0 bridgehead atoms. The molecule has 0 spiro atoms. The van der Waals surface area contributed by atoms with Gasteiger partial charge in [0.1, 0.15) is 12.0 Å². The van der Waals surface area contributed by atoms with Gasteiger partial charge in [-0.3, -0.25) is 4.79 Å². The predicted molar refractivity (Wildman–Crippen MR) is 98.8 cm³/mol. The van der Waals surface area contributed by atoms with Crippen molar-refractivity contribution < 1.29 is 9.18 Å². The minimum atomic E-state index is -0.590. The molecule has 0 saturated heterocycles. The largest absolute Gasteiger partial charge is 0.298 e. The molecular formula is C21H32BrFO. The van der Waals surface area contributed by atoms with Crippen molar-refractivity contribution in [3.63, 3.8) is 0 Å². The van der Waals surface area contributed by atoms with Crippen molar-refractivity contribution in [1.82, 2.24) is 0 Å². The Balaban J connectivity index is 1.58. The van der Waals surface area contributed by atoms with Gasteiger partial charge in [-0.1, -0.05) is 36.2 Å². The summed E-state index contributed by atoms with van der Waals surface area (Å²) in [4.78, 5) is 12.4. The molecule has 24 heavy (non-hydrogen) atoms. The summed E-state index contributed by atoms with van der Waals surface area (Å²) < 4.78 is 15.1. The lowest BCUT2D eigenvalue weighted by Crippen LogP contribution is -2.52. The molecule has 4 aliphatic carbocycles. The van der Waals surface area contributed by atoms with E-state index in [0.29, 0.717) is 40.7 Å². The molecule has 0 N–H and O–H groups in total. The number of hydrogen-bond acceptors (Lipinski definition) is 1. The van der Waals surface area contributed by atoms with Gasteiger partial charge in [-0.05, 0) is 85.9 Å². The van der Waals surface area contributed by atoms with Crippen LogP contribution in [0.15, 0.2) is 0 Å². The Labute approximate surface area is 154 Å². The van der Waals surface area contributed by atoms with Gasteiger partial charge in [0.2, 0.25) is 0 Å². The molecule has 0 aromatic carbocycles. The average molecular weight is 399 g/mol. The molecule has 9 atom stereocenters. The number of alkyl halides is 2. The van der Waals surface area contributed by atoms with Crippen LogP contribution in [0.25, 0.3) is 0 Å². The lowest BCUT2D eigenvalue weighted by Gasteiger charge is -2.56. The Hall–Kier alpha value is 0.0800. The highest BCUT2D eigenvalue weighted by molar-refractivity contribution is 9.09. The van der Waals surface area contributed by atoms with Crippen LogP contribution in [0.5, 0.6) is 0 Å². The summed E-state index contributed by atoms with van der Waals surface area (Å²) in [6.45, 7) is 4.66. The van der Waals surface area contributed by atoms with Crippen molar-refractivity contribution >= 4 is 21.7 Å². The van der Waals surface area contributed by atoms with Crippen molar-refractivity contribution in [3.8, 4) is 0 Å². The third kappa shape index (κ3) is 2.55. The molecule has 1 nitrogen and oxygen atoms in total. The highest BCUT2D eigenvalue weighted by Crippen LogP contribution is 2.64. The number of rotatable bonds is 2. The number of hydrogen-bond donors (Lipinski definition) is 0. The smallest absolute Gasteiger partial charge is 0.147 e. The first-order valence-corrected chi connectivity index (χ1v) is 11.3. The zero-order valence-corrected chi connectivity index (χ0v) is 16.7. The summed E-state index contributed by atoms with van der Waals surface area (Å²) in [5.41, 5.74) is 0.139. The van der Waals surface area contributed by atoms with E-state index in [4.69, 9.17) is 0 Å². The normalized spacial score (nSPS) is 53.8. The third-order valence-corrected chi connectivity index (χ3v) is 9.29. The van der Waals surface area contributed by atoms with Crippen LogP contribution in [0.2, 0.25) is 0 Å². The standard InChI is InChI=1S/C21H32BrFO/c1-12-3-4-13-14-7-8-21(2)17(5-6-18(21)20(24)11-22)15(14)10-19(23)16(13)9-12/h12-19H,3-11H2,1-2H3. The monoisotopic (exact) mass is 398 g/mol. The quantitative estimate of drug-likeness (QED) is 0.536. The van der Waals surface area contributed by atoms with Gasteiger partial charge in [0.25, 0.3) is 0 Å². The van der Waals surface area contributed by atoms with Crippen molar-refractivity contribution in [2.45, 2.75) is 71.4 Å². The second-order valence-electron chi connectivity index (χ2n) is 9.71. The van der Waals surface area contributed by atoms with E-state index >= 15 is 4.39 Å². The second-order valence-corrected chi connectivity index (χ2v) is 10.3. The molecule has 0 aliphatic heterocycles. The summed E-state index contributed by atoms with van der Waals surface area (Å²) in [6, 6.07) is 0. The van der Waals surface area contributed by atoms with Crippen molar-refractivity contribution in [2.24, 2.45) is 46.8 Å². The maximum Gasteiger partial charge on any atom is 0.147 e. The van der Waals surface area contributed by atoms with Gasteiger partial charge in [-0.15, -0.1) is 0 Å². The van der Waals surface area contributed by atoms with Crippen LogP contribution in [0.3, 0.4) is 0 Å². The van der Waals surface area contributed by atoms with Crippen molar-refractivity contribution in [1.29, 1.82) is 0 Å². The minimum absolute atomic E-state index is 0.139. The molecule has 0 radical (unpaired) electrons. The minimum Gasteiger partial charge on any atom is -0.298 e. The average Bonchev–Trinajstić information content (AvgIpc) is 2.92. The fourth-order valence-corrected chi connectivity index (χ4v) is 8.03. The molecule has 0 aromatic rings. The zero-order valence-electron chi connectivity index (χ0n) is 15.1. The van der Waals surface area contributed by atoms with Gasteiger partial charge in [-0.2, -0.15) is 0 Å². The molecule has 3 heteroatoms. The van der Waals surface area contributed by atoms with E-state index in [1.54, 1.807) is 0 Å². The topological polar surface area (TPSA) is 17.1 Å². The molecule has 0 amide bonds. The summed E-state index contributed by atoms with van der Waals surface area (Å²) >= 11 is 3.39. The molecule has 0 heterocycles. The molecule has 4 fully saturated rings. The lowest BCUT2D eigenvalue weighted by molar-refractivity contribution is -0.130. The molecule has 4 rings (SSSR count). The Kier molecular flexibility index (Phi) is 4.63. The molecular weight excluding hydrogens is 367 g/mol. The van der Waals surface area contributed by atoms with Crippen LogP contribution < -0.4 is 0 Å². The Morgan fingerprint density at radius 1 is 1.04 bits per heavy atom. The number of fused-ring (bicyclic) bond motifs is 5. The van der Waals surface area contributed by atoms with E-state index < -0.39 is 6.17 Å². The van der Waals surface area contributed by atoms with Crippen LogP contribution >= 0.6 is 15.9 Å². The lowest BCUT2D eigenvalue weighted by atomic mass is 9.49. The Morgan fingerprint density at radius 3 is 2.54 bits per heavy atom. The number of Topliss-reactive ketones (excluding diaryl/α,β-unsaturated/α-hetero) is 1. The molecule has 136 valence electrons. The van der Waals surface area contributed by atoms with Crippen LogP contribution in [-0.2, 0) is 4.79 Å². The molecule has 4 aliphatic rings. The zero-order chi connectivity index (χ0) is 17.1. The number of carbonyl (C=O) groups excluding carboxylic acids is 1. The Morgan fingerprint density at radius 2 is 1.79 bits per heavy atom. The van der Waals surface area contributed by atoms with Crippen LogP contribution in [0.4, 0.5) is 4.39 Å². The number of halogens is 2. The highest BCUT2D eigenvalue weighted by atomic mass is 79.9. The first-order chi connectivity index (χ1) is 11.5. The first kappa shape index (κ1) is 17.5. The van der Waals surface area contributed by atoms with Gasteiger partial charge >= 0.3 is 0 Å². The van der Waals surface area contributed by atoms with Gasteiger partial charge in [-0.25, -0.2) is 4.39 Å². The summed E-state index contributed by atoms with van der Waals surface area (Å²) in [5, 5.41) is 0.488. The first-order valence-electron chi connectivity index (χ1n) is 10.2. The molecule has 4 saturated carbocycles. The molecule has 0 aromatic heterocycles. The van der Waals surface area contributed by atoms with E-state index in [9.17, 15) is 4.79 Å². The number of carbonyl (C=O) groups is 1. The van der Waals surface area contributed by atoms with Crippen LogP contribution in [0.1, 0.15) is 65.2 Å². The maximum atomic E-state index is 15.1. The second kappa shape index (κ2) is 6.35. The van der Waals surface area contributed by atoms with E-state index in [2.05, 4.69) is 29.8 Å². The fourth-order valence-electron chi connectivity index (χ4n) is 7.64. The van der Waals surface area contributed by atoms with Crippen molar-refractivity contribution in [2.75, 3.05) is 5.33 Å². The van der Waals surface area contributed by atoms with E-state index in [-0.39, 0.29) is 11.3 Å². The van der Waals surface area contributed by atoms with Crippen LogP contribution in [0, 0.1) is 46.8 Å². The maximum absolute atomic E-state index is 15.1. The predicted octanol–water partition coefficient (Wildman–Crippen LogP) is 5.80. The SMILES string of the molecule is CC1CCC2C(C1)C(F)CC1C2CCC2(C)C(C(=O)CBr)CCC12. The number of ketones is 1.